The lowest BCUT2D eigenvalue weighted by Crippen LogP contribution is -2.03. The van der Waals surface area contributed by atoms with Gasteiger partial charge in [-0.2, -0.15) is 0 Å². The van der Waals surface area contributed by atoms with Gasteiger partial charge in [0.05, 0.1) is 5.60 Å². The number of hydrogen-bond acceptors (Lipinski definition) is 3. The van der Waals surface area contributed by atoms with Crippen molar-refractivity contribution >= 4 is 11.1 Å². The summed E-state index contributed by atoms with van der Waals surface area (Å²) in [4.78, 5) is 4.24. The van der Waals surface area contributed by atoms with Crippen molar-refractivity contribution in [2.75, 3.05) is 0 Å². The summed E-state index contributed by atoms with van der Waals surface area (Å²) in [5.41, 5.74) is 2.00. The lowest BCUT2D eigenvalue weighted by atomic mass is 10.1. The minimum Gasteiger partial charge on any atom is -0.441 e. The minimum absolute atomic E-state index is 0.582. The maximum absolute atomic E-state index is 9.91. The molecule has 0 aliphatic heterocycles. The van der Waals surface area contributed by atoms with Crippen LogP contribution in [0.1, 0.15) is 24.3 Å². The standard InChI is InChI=1S/C11H11NO2/c1-7-12-9-6-8(11(13)4-5-11)2-3-10(9)14-7/h2-3,6,13H,4-5H2,1H3. The van der Waals surface area contributed by atoms with E-state index in [1.165, 1.54) is 0 Å². The number of aryl methyl sites for hydroxylation is 1. The Bertz CT molecular complexity index is 497. The fourth-order valence-corrected chi connectivity index (χ4v) is 1.74. The third-order valence-electron chi connectivity index (χ3n) is 2.76. The van der Waals surface area contributed by atoms with E-state index < -0.39 is 5.60 Å². The van der Waals surface area contributed by atoms with Crippen molar-refractivity contribution < 1.29 is 9.52 Å². The van der Waals surface area contributed by atoms with E-state index in [0.29, 0.717) is 5.89 Å². The van der Waals surface area contributed by atoms with Crippen LogP contribution in [0.25, 0.3) is 11.1 Å². The molecule has 1 saturated carbocycles. The second-order valence-electron chi connectivity index (χ2n) is 3.95. The van der Waals surface area contributed by atoms with Crippen LogP contribution in [0.5, 0.6) is 0 Å². The van der Waals surface area contributed by atoms with Gasteiger partial charge in [0.25, 0.3) is 0 Å². The Kier molecular flexibility index (Phi) is 1.35. The Balaban J connectivity index is 2.19. The van der Waals surface area contributed by atoms with Gasteiger partial charge in [-0.05, 0) is 30.5 Å². The van der Waals surface area contributed by atoms with Crippen LogP contribution in [0.4, 0.5) is 0 Å². The fraction of sp³-hybridized carbons (Fsp3) is 0.364. The SMILES string of the molecule is Cc1nc2cc(C3(O)CC3)ccc2o1. The monoisotopic (exact) mass is 189 g/mol. The molecule has 0 unspecified atom stereocenters. The van der Waals surface area contributed by atoms with Gasteiger partial charge < -0.3 is 9.52 Å². The van der Waals surface area contributed by atoms with Crippen molar-refractivity contribution in [1.29, 1.82) is 0 Å². The van der Waals surface area contributed by atoms with E-state index in [9.17, 15) is 5.11 Å². The topological polar surface area (TPSA) is 46.3 Å². The first kappa shape index (κ1) is 8.00. The molecular formula is C11H11NO2. The average Bonchev–Trinajstić information content (AvgIpc) is 2.79. The van der Waals surface area contributed by atoms with Crippen molar-refractivity contribution in [3.05, 3.63) is 29.7 Å². The third kappa shape index (κ3) is 1.06. The molecule has 14 heavy (non-hydrogen) atoms. The van der Waals surface area contributed by atoms with Crippen molar-refractivity contribution in [3.8, 4) is 0 Å². The maximum atomic E-state index is 9.91. The molecule has 72 valence electrons. The van der Waals surface area contributed by atoms with E-state index in [-0.39, 0.29) is 0 Å². The number of aromatic nitrogens is 1. The second-order valence-corrected chi connectivity index (χ2v) is 3.95. The molecule has 1 aliphatic rings. The summed E-state index contributed by atoms with van der Waals surface area (Å²) < 4.78 is 5.36. The molecule has 0 spiro atoms. The van der Waals surface area contributed by atoms with Crippen molar-refractivity contribution in [2.24, 2.45) is 0 Å². The zero-order valence-electron chi connectivity index (χ0n) is 7.95. The zero-order valence-corrected chi connectivity index (χ0v) is 7.95. The number of oxazole rings is 1. The highest BCUT2D eigenvalue weighted by Gasteiger charge is 2.42. The summed E-state index contributed by atoms with van der Waals surface area (Å²) in [6.45, 7) is 1.82. The average molecular weight is 189 g/mol. The number of benzene rings is 1. The first-order valence-electron chi connectivity index (χ1n) is 4.77. The Labute approximate surface area is 81.4 Å². The molecule has 1 N–H and O–H groups in total. The van der Waals surface area contributed by atoms with Crippen LogP contribution >= 0.6 is 0 Å². The predicted octanol–water partition coefficient (Wildman–Crippen LogP) is 2.12. The van der Waals surface area contributed by atoms with Crippen LogP contribution < -0.4 is 0 Å². The molecule has 0 saturated heterocycles. The molecule has 0 radical (unpaired) electrons. The Morgan fingerprint density at radius 3 is 2.93 bits per heavy atom. The van der Waals surface area contributed by atoms with E-state index in [2.05, 4.69) is 4.98 Å². The highest BCUT2D eigenvalue weighted by Crippen LogP contribution is 2.45. The van der Waals surface area contributed by atoms with E-state index >= 15 is 0 Å². The van der Waals surface area contributed by atoms with Crippen LogP contribution in [0.15, 0.2) is 22.6 Å². The van der Waals surface area contributed by atoms with Gasteiger partial charge in [0.15, 0.2) is 11.5 Å². The van der Waals surface area contributed by atoms with Gasteiger partial charge in [-0.25, -0.2) is 4.98 Å². The van der Waals surface area contributed by atoms with Crippen LogP contribution in [-0.4, -0.2) is 10.1 Å². The summed E-state index contributed by atoms with van der Waals surface area (Å²) in [5, 5.41) is 9.91. The van der Waals surface area contributed by atoms with Gasteiger partial charge in [-0.1, -0.05) is 6.07 Å². The normalized spacial score (nSPS) is 18.7. The number of aliphatic hydroxyl groups is 1. The first-order valence-corrected chi connectivity index (χ1v) is 4.77. The van der Waals surface area contributed by atoms with Crippen LogP contribution in [0.3, 0.4) is 0 Å². The largest absolute Gasteiger partial charge is 0.441 e. The predicted molar refractivity (Wildman–Crippen MR) is 51.9 cm³/mol. The van der Waals surface area contributed by atoms with Gasteiger partial charge >= 0.3 is 0 Å². The van der Waals surface area contributed by atoms with E-state index in [4.69, 9.17) is 4.42 Å². The van der Waals surface area contributed by atoms with Gasteiger partial charge in [-0.15, -0.1) is 0 Å². The summed E-state index contributed by atoms with van der Waals surface area (Å²) in [6.07, 6.45) is 1.71. The molecule has 3 nitrogen and oxygen atoms in total. The van der Waals surface area contributed by atoms with E-state index in [1.54, 1.807) is 0 Å². The molecule has 0 atom stereocenters. The van der Waals surface area contributed by atoms with Gasteiger partial charge in [0, 0.05) is 6.92 Å². The van der Waals surface area contributed by atoms with Crippen molar-refractivity contribution in [2.45, 2.75) is 25.4 Å². The number of nitrogens with zero attached hydrogens (tertiary/aromatic N) is 1. The number of rotatable bonds is 1. The lowest BCUT2D eigenvalue weighted by Gasteiger charge is -2.06. The smallest absolute Gasteiger partial charge is 0.192 e. The maximum Gasteiger partial charge on any atom is 0.192 e. The number of fused-ring (bicyclic) bond motifs is 1. The lowest BCUT2D eigenvalue weighted by molar-refractivity contribution is 0.151. The van der Waals surface area contributed by atoms with Gasteiger partial charge in [0.2, 0.25) is 0 Å². The van der Waals surface area contributed by atoms with Crippen LogP contribution in [0.2, 0.25) is 0 Å². The molecule has 1 fully saturated rings. The molecule has 0 bridgehead atoms. The molecule has 1 aliphatic carbocycles. The molecule has 2 aromatic rings. The molecular weight excluding hydrogens is 178 g/mol. The molecule has 1 heterocycles. The minimum atomic E-state index is -0.582. The number of hydrogen-bond donors (Lipinski definition) is 1. The van der Waals surface area contributed by atoms with Gasteiger partial charge in [0.1, 0.15) is 5.52 Å². The summed E-state index contributed by atoms with van der Waals surface area (Å²) in [5.74, 6) is 0.667. The third-order valence-corrected chi connectivity index (χ3v) is 2.76. The Morgan fingerprint density at radius 1 is 1.43 bits per heavy atom. The molecule has 1 aromatic heterocycles. The Hall–Kier alpha value is -1.35. The van der Waals surface area contributed by atoms with E-state index in [0.717, 1.165) is 29.5 Å². The zero-order chi connectivity index (χ0) is 9.76. The molecule has 3 heteroatoms. The highest BCUT2D eigenvalue weighted by molar-refractivity contribution is 5.73. The quantitative estimate of drug-likeness (QED) is 0.747. The summed E-state index contributed by atoms with van der Waals surface area (Å²) in [7, 11) is 0. The second kappa shape index (κ2) is 2.36. The van der Waals surface area contributed by atoms with Crippen LogP contribution in [0, 0.1) is 6.92 Å². The van der Waals surface area contributed by atoms with Crippen molar-refractivity contribution in [1.82, 2.24) is 4.98 Å². The van der Waals surface area contributed by atoms with Crippen molar-refractivity contribution in [3.63, 3.8) is 0 Å². The molecule has 3 rings (SSSR count). The Morgan fingerprint density at radius 2 is 2.21 bits per heavy atom. The highest BCUT2D eigenvalue weighted by atomic mass is 16.3. The first-order chi connectivity index (χ1) is 6.67. The van der Waals surface area contributed by atoms with Crippen LogP contribution in [-0.2, 0) is 5.60 Å². The molecule has 0 amide bonds. The summed E-state index contributed by atoms with van der Waals surface area (Å²) in [6, 6.07) is 5.71. The van der Waals surface area contributed by atoms with Gasteiger partial charge in [-0.3, -0.25) is 0 Å². The summed E-state index contributed by atoms with van der Waals surface area (Å²) >= 11 is 0. The van der Waals surface area contributed by atoms with E-state index in [1.807, 2.05) is 25.1 Å². The fourth-order valence-electron chi connectivity index (χ4n) is 1.74. The molecule has 1 aromatic carbocycles.